The van der Waals surface area contributed by atoms with Gasteiger partial charge in [0.05, 0.1) is 11.3 Å². The van der Waals surface area contributed by atoms with Crippen molar-refractivity contribution in [3.05, 3.63) is 35.4 Å². The molecule has 2 rings (SSSR count). The first-order valence-corrected chi connectivity index (χ1v) is 9.69. The van der Waals surface area contributed by atoms with Crippen molar-refractivity contribution in [3.8, 4) is 0 Å². The monoisotopic (exact) mass is 350 g/mol. The van der Waals surface area contributed by atoms with Gasteiger partial charge in [0.2, 0.25) is 5.91 Å². The normalized spacial score (nSPS) is 18.0. The van der Waals surface area contributed by atoms with Gasteiger partial charge in [-0.15, -0.1) is 0 Å². The maximum atomic E-state index is 12.5. The smallest absolute Gasteiger partial charge is 0.233 e. The molecule has 1 aromatic rings. The molecule has 0 unspecified atom stereocenters. The van der Waals surface area contributed by atoms with Gasteiger partial charge in [0.15, 0.2) is 0 Å². The Hall–Kier alpha value is -1.07. The average molecular weight is 351 g/mol. The van der Waals surface area contributed by atoms with Crippen molar-refractivity contribution in [1.29, 1.82) is 0 Å². The molecular formula is C18H26N2OS2. The molecule has 0 aliphatic heterocycles. The van der Waals surface area contributed by atoms with E-state index in [2.05, 4.69) is 48.3 Å². The van der Waals surface area contributed by atoms with Gasteiger partial charge in [-0.1, -0.05) is 48.2 Å². The number of carbonyl (C=O) groups excluding carboxylic acids is 1. The summed E-state index contributed by atoms with van der Waals surface area (Å²) in [5.41, 5.74) is 2.64. The lowest BCUT2D eigenvalue weighted by molar-refractivity contribution is -0.121. The highest BCUT2D eigenvalue weighted by Gasteiger charge is 2.25. The molecule has 0 bridgehead atoms. The lowest BCUT2D eigenvalue weighted by Gasteiger charge is -2.28. The van der Waals surface area contributed by atoms with Crippen molar-refractivity contribution in [2.75, 3.05) is 13.1 Å². The minimum atomic E-state index is -0.169. The summed E-state index contributed by atoms with van der Waals surface area (Å²) < 4.78 is 0.807. The number of fused-ring (bicyclic) bond motifs is 1. The molecule has 1 aliphatic rings. The van der Waals surface area contributed by atoms with Crippen LogP contribution in [0.2, 0.25) is 0 Å². The standard InChI is InChI=1S/C18H26N2OS2/c1-4-20(5-2)18(22)23-13(3)17(21)19-16-12-8-10-14-9-6-7-11-15(14)16/h6-7,9,11,13,16H,4-5,8,10,12H2,1-3H3,(H,19,21)/t13-,16+/m1/s1. The topological polar surface area (TPSA) is 32.3 Å². The molecule has 1 aliphatic carbocycles. The number of thioether (sulfide) groups is 1. The largest absolute Gasteiger partial charge is 0.358 e. The van der Waals surface area contributed by atoms with Crippen LogP contribution in [-0.2, 0) is 11.2 Å². The number of thiocarbonyl (C=S) groups is 1. The Bertz CT molecular complexity index is 558. The third kappa shape index (κ3) is 4.70. The van der Waals surface area contributed by atoms with Crippen molar-refractivity contribution >= 4 is 34.2 Å². The predicted octanol–water partition coefficient (Wildman–Crippen LogP) is 3.93. The van der Waals surface area contributed by atoms with Gasteiger partial charge in [-0.2, -0.15) is 0 Å². The van der Waals surface area contributed by atoms with E-state index >= 15 is 0 Å². The quantitative estimate of drug-likeness (QED) is 0.816. The summed E-state index contributed by atoms with van der Waals surface area (Å²) in [6, 6.07) is 8.57. The molecule has 0 heterocycles. The fraction of sp³-hybridized carbons (Fsp3) is 0.556. The minimum Gasteiger partial charge on any atom is -0.358 e. The van der Waals surface area contributed by atoms with E-state index in [1.165, 1.54) is 22.9 Å². The Kier molecular flexibility index (Phi) is 6.90. The van der Waals surface area contributed by atoms with Crippen LogP contribution < -0.4 is 5.32 Å². The summed E-state index contributed by atoms with van der Waals surface area (Å²) >= 11 is 6.93. The second-order valence-corrected chi connectivity index (χ2v) is 7.83. The third-order valence-electron chi connectivity index (χ3n) is 4.35. The van der Waals surface area contributed by atoms with Gasteiger partial charge in [-0.05, 0) is 51.2 Å². The van der Waals surface area contributed by atoms with Gasteiger partial charge >= 0.3 is 0 Å². The van der Waals surface area contributed by atoms with Crippen molar-refractivity contribution in [1.82, 2.24) is 10.2 Å². The average Bonchev–Trinajstić information content (AvgIpc) is 2.56. The first kappa shape index (κ1) is 18.3. The first-order chi connectivity index (χ1) is 11.1. The van der Waals surface area contributed by atoms with Gasteiger partial charge in [-0.3, -0.25) is 4.79 Å². The molecular weight excluding hydrogens is 324 g/mol. The Labute approximate surface area is 149 Å². The van der Waals surface area contributed by atoms with Gasteiger partial charge in [0.25, 0.3) is 0 Å². The molecule has 5 heteroatoms. The van der Waals surface area contributed by atoms with E-state index < -0.39 is 0 Å². The van der Waals surface area contributed by atoms with Crippen LogP contribution in [0.15, 0.2) is 24.3 Å². The number of nitrogens with one attached hydrogen (secondary N) is 1. The summed E-state index contributed by atoms with van der Waals surface area (Å²) in [4.78, 5) is 14.7. The minimum absolute atomic E-state index is 0.0752. The fourth-order valence-electron chi connectivity index (χ4n) is 2.95. The number of carbonyl (C=O) groups is 1. The van der Waals surface area contributed by atoms with Gasteiger partial charge in [0, 0.05) is 13.1 Å². The molecule has 1 aromatic carbocycles. The van der Waals surface area contributed by atoms with E-state index in [4.69, 9.17) is 12.2 Å². The Morgan fingerprint density at radius 2 is 2.09 bits per heavy atom. The number of hydrogen-bond acceptors (Lipinski definition) is 3. The summed E-state index contributed by atoms with van der Waals surface area (Å²) in [5, 5.41) is 3.05. The van der Waals surface area contributed by atoms with Crippen LogP contribution in [0.1, 0.15) is 50.8 Å². The molecule has 0 aromatic heterocycles. The van der Waals surface area contributed by atoms with Crippen molar-refractivity contribution in [2.45, 2.75) is 51.3 Å². The molecule has 0 saturated heterocycles. The van der Waals surface area contributed by atoms with Crippen molar-refractivity contribution < 1.29 is 4.79 Å². The zero-order valence-electron chi connectivity index (χ0n) is 14.2. The SMILES string of the molecule is CCN(CC)C(=S)S[C@H](C)C(=O)N[C@H]1CCCc2ccccc21. The number of rotatable bonds is 5. The Morgan fingerprint density at radius 1 is 1.39 bits per heavy atom. The number of benzene rings is 1. The molecule has 126 valence electrons. The van der Waals surface area contributed by atoms with Crippen molar-refractivity contribution in [3.63, 3.8) is 0 Å². The van der Waals surface area contributed by atoms with E-state index in [0.717, 1.165) is 36.7 Å². The van der Waals surface area contributed by atoms with Crippen LogP contribution >= 0.6 is 24.0 Å². The molecule has 3 nitrogen and oxygen atoms in total. The molecule has 0 spiro atoms. The van der Waals surface area contributed by atoms with Crippen LogP contribution in [0.25, 0.3) is 0 Å². The highest BCUT2D eigenvalue weighted by Crippen LogP contribution is 2.30. The second kappa shape index (κ2) is 8.69. The van der Waals surface area contributed by atoms with E-state index in [9.17, 15) is 4.79 Å². The molecule has 1 N–H and O–H groups in total. The summed E-state index contributed by atoms with van der Waals surface area (Å²) in [6.07, 6.45) is 3.25. The summed E-state index contributed by atoms with van der Waals surface area (Å²) in [5.74, 6) is 0.0752. The summed E-state index contributed by atoms with van der Waals surface area (Å²) in [6.45, 7) is 7.87. The zero-order valence-corrected chi connectivity index (χ0v) is 15.8. The fourth-order valence-corrected chi connectivity index (χ4v) is 4.53. The Morgan fingerprint density at radius 3 is 2.78 bits per heavy atom. The van der Waals surface area contributed by atoms with Crippen LogP contribution in [-0.4, -0.2) is 33.5 Å². The highest BCUT2D eigenvalue weighted by molar-refractivity contribution is 8.23. The molecule has 0 fully saturated rings. The first-order valence-electron chi connectivity index (χ1n) is 8.40. The van der Waals surface area contributed by atoms with Crippen LogP contribution in [0, 0.1) is 0 Å². The van der Waals surface area contributed by atoms with E-state index in [0.29, 0.717) is 0 Å². The molecule has 0 saturated carbocycles. The Balaban J connectivity index is 1.96. The predicted molar refractivity (Wildman–Crippen MR) is 103 cm³/mol. The van der Waals surface area contributed by atoms with Crippen molar-refractivity contribution in [2.24, 2.45) is 0 Å². The number of amides is 1. The third-order valence-corrected chi connectivity index (χ3v) is 5.93. The lowest BCUT2D eigenvalue weighted by Crippen LogP contribution is -2.37. The van der Waals surface area contributed by atoms with E-state index in [-0.39, 0.29) is 17.2 Å². The van der Waals surface area contributed by atoms with Crippen LogP contribution in [0.5, 0.6) is 0 Å². The van der Waals surface area contributed by atoms with Gasteiger partial charge in [0.1, 0.15) is 4.32 Å². The van der Waals surface area contributed by atoms with Crippen LogP contribution in [0.4, 0.5) is 0 Å². The second-order valence-electron chi connectivity index (χ2n) is 5.85. The van der Waals surface area contributed by atoms with Gasteiger partial charge in [-0.25, -0.2) is 0 Å². The molecule has 1 amide bonds. The molecule has 0 radical (unpaired) electrons. The maximum absolute atomic E-state index is 12.5. The molecule has 23 heavy (non-hydrogen) atoms. The van der Waals surface area contributed by atoms with E-state index in [1.807, 2.05) is 6.92 Å². The number of aryl methyl sites for hydroxylation is 1. The lowest BCUT2D eigenvalue weighted by atomic mass is 9.88. The zero-order chi connectivity index (χ0) is 16.8. The van der Waals surface area contributed by atoms with Gasteiger partial charge < -0.3 is 10.2 Å². The highest BCUT2D eigenvalue weighted by atomic mass is 32.2. The number of nitrogens with zero attached hydrogens (tertiary/aromatic N) is 1. The van der Waals surface area contributed by atoms with E-state index in [1.54, 1.807) is 0 Å². The maximum Gasteiger partial charge on any atom is 0.233 e. The number of hydrogen-bond donors (Lipinski definition) is 1. The summed E-state index contributed by atoms with van der Waals surface area (Å²) in [7, 11) is 0. The molecule has 2 atom stereocenters. The van der Waals surface area contributed by atoms with Crippen LogP contribution in [0.3, 0.4) is 0 Å².